The van der Waals surface area contributed by atoms with Crippen LogP contribution in [0.15, 0.2) is 78.7 Å². The summed E-state index contributed by atoms with van der Waals surface area (Å²) < 4.78 is 37.4. The number of aliphatic hydroxyl groups excluding tert-OH is 4. The lowest BCUT2D eigenvalue weighted by atomic mass is 9.89. The van der Waals surface area contributed by atoms with Crippen molar-refractivity contribution < 1.29 is 92.1 Å². The molecule has 5 unspecified atom stereocenters. The molecule has 8 amide bonds. The van der Waals surface area contributed by atoms with Crippen molar-refractivity contribution in [1.29, 1.82) is 0 Å². The lowest BCUT2D eigenvalue weighted by molar-refractivity contribution is -0.386. The van der Waals surface area contributed by atoms with E-state index in [1.165, 1.54) is 54.0 Å². The number of rotatable bonds is 42. The van der Waals surface area contributed by atoms with Crippen LogP contribution in [0, 0.1) is 33.8 Å². The van der Waals surface area contributed by atoms with Crippen molar-refractivity contribution in [3.05, 3.63) is 106 Å². The van der Waals surface area contributed by atoms with E-state index in [2.05, 4.69) is 38.2 Å². The van der Waals surface area contributed by atoms with Crippen LogP contribution in [-0.4, -0.2) is 248 Å². The molecule has 2 aromatic carbocycles. The minimum Gasteiger partial charge on any atom is -0.455 e. The van der Waals surface area contributed by atoms with Gasteiger partial charge in [-0.2, -0.15) is 0 Å². The maximum absolute atomic E-state index is 15.2. The second kappa shape index (κ2) is 41.0. The third kappa shape index (κ3) is 23.0. The first-order valence-electron chi connectivity index (χ1n) is 36.4. The number of benzene rings is 2. The second-order valence-corrected chi connectivity index (χ2v) is 28.4. The van der Waals surface area contributed by atoms with E-state index < -0.39 is 126 Å². The molecule has 16 atom stereocenters. The molecule has 0 saturated carbocycles. The highest BCUT2D eigenvalue weighted by Crippen LogP contribution is 2.37. The number of unbranched alkanes of at least 4 members (excludes halogenated alkanes) is 2. The van der Waals surface area contributed by atoms with Crippen LogP contribution < -0.4 is 26.0 Å². The molecule has 1 aromatic heterocycles. The summed E-state index contributed by atoms with van der Waals surface area (Å²) in [6.45, 7) is 22.6. The van der Waals surface area contributed by atoms with Gasteiger partial charge in [0.1, 0.15) is 36.5 Å². The Labute approximate surface area is 620 Å². The summed E-state index contributed by atoms with van der Waals surface area (Å²) in [4.78, 5) is 126. The first kappa shape index (κ1) is 86.4. The Morgan fingerprint density at radius 2 is 1.60 bits per heavy atom. The highest BCUT2D eigenvalue weighted by Gasteiger charge is 2.48. The van der Waals surface area contributed by atoms with Crippen LogP contribution in [0.2, 0.25) is 0 Å². The molecule has 32 nitrogen and oxygen atoms in total. The monoisotopic (exact) mass is 1490 g/mol. The average molecular weight is 1490 g/mol. The molecule has 0 spiro atoms. The predicted octanol–water partition coefficient (Wildman–Crippen LogP) is 4.18. The predicted molar refractivity (Wildman–Crippen MR) is 387 cm³/mol. The van der Waals surface area contributed by atoms with Gasteiger partial charge in [0.15, 0.2) is 5.75 Å². The standard InChI is InChI=1S/C74H112N12O20/c1-16-44(6)65(57(101-14)39-61(91)84-32-23-26-53(84)69(102-15)46(8)70(95)77-48(10)66(92)50-24-19-17-20-25-50)81(12)72(97)62(42(2)3)76-47(9)64(43(4)5)82(13)74(98)106-56(51-28-29-55(54(37-51)86(99)100)104-73-63(78-49(11)88)68(94)67(93)58(41-87)105-73)38-52-40-83(80-79-52)33-35-103-34-30-75-59(89)27-21-18-22-31-85-60(90)36-45(7)71(85)96/h17,19-20,24-25,28-29,36-37,40,42-44,46,48,53,56-58,62-69,73,76,87,92-94H,9,16,18,21-23,26-27,30-35,38-39,41H2,1-8,10-15H3,(H,75,89)(H,77,95)(H,78,88)/t44-,46+,48+,53-,56?,57?,58?,62-,63?,64-,65-,66+,67+,68+,69+,73?/m0/s1. The number of carbonyl (C=O) groups excluding carboxylic acids is 8. The quantitative estimate of drug-likeness (QED) is 0.0171. The summed E-state index contributed by atoms with van der Waals surface area (Å²) in [7, 11) is 6.17. The van der Waals surface area contributed by atoms with Crippen LogP contribution in [0.4, 0.5) is 10.5 Å². The number of ether oxygens (including phenoxy) is 6. The summed E-state index contributed by atoms with van der Waals surface area (Å²) in [6.07, 6.45) is -4.73. The average Bonchev–Trinajstić information content (AvgIpc) is 1.03. The Morgan fingerprint density at radius 3 is 2.22 bits per heavy atom. The van der Waals surface area contributed by atoms with Gasteiger partial charge in [0.25, 0.3) is 11.8 Å². The van der Waals surface area contributed by atoms with Crippen LogP contribution in [0.25, 0.3) is 0 Å². The molecule has 0 aliphatic carbocycles. The van der Waals surface area contributed by atoms with Crippen molar-refractivity contribution in [1.82, 2.24) is 55.9 Å². The summed E-state index contributed by atoms with van der Waals surface area (Å²) in [5.74, 6) is -4.48. The van der Waals surface area contributed by atoms with E-state index in [1.807, 2.05) is 59.7 Å². The molecule has 8 N–H and O–H groups in total. The molecule has 2 saturated heterocycles. The number of hydrogen-bond acceptors (Lipinski definition) is 23. The van der Waals surface area contributed by atoms with Crippen molar-refractivity contribution in [2.24, 2.45) is 23.7 Å². The second-order valence-electron chi connectivity index (χ2n) is 28.4. The van der Waals surface area contributed by atoms with E-state index in [1.54, 1.807) is 55.9 Å². The van der Waals surface area contributed by atoms with E-state index >= 15 is 4.79 Å². The summed E-state index contributed by atoms with van der Waals surface area (Å²) in [5.41, 5.74) is 1.01. The Bertz CT molecular complexity index is 3490. The van der Waals surface area contributed by atoms with Crippen LogP contribution in [0.3, 0.4) is 0 Å². The van der Waals surface area contributed by atoms with E-state index in [0.717, 1.165) is 13.0 Å². The summed E-state index contributed by atoms with van der Waals surface area (Å²) >= 11 is 0. The highest BCUT2D eigenvalue weighted by molar-refractivity contribution is 6.15. The lowest BCUT2D eigenvalue weighted by Crippen LogP contribution is -2.65. The zero-order valence-corrected chi connectivity index (χ0v) is 63.6. The van der Waals surface area contributed by atoms with E-state index in [0.29, 0.717) is 56.2 Å². The van der Waals surface area contributed by atoms with Gasteiger partial charge in [-0.25, -0.2) is 9.48 Å². The highest BCUT2D eigenvalue weighted by atomic mass is 16.7. The fourth-order valence-corrected chi connectivity index (χ4v) is 13.9. The SMILES string of the molecule is C=C(N[C@H](C(=O)N(C)[C@H](C(CC(=O)N1CCC[C@H]1[C@H](OC)[C@@H](C)C(=O)N[C@H](C)[C@@H](O)c1ccccc1)OC)[C@@H](C)CC)C(C)C)[C@H](C(C)C)N(C)C(=O)OC(Cc1cn(CCOCCNC(=O)CCCCCN2C(=O)C=C(C)C2=O)nn1)c1ccc(OC2OC(CO)[C@@H](O)[C@H](O)C2NC(C)=O)c([N+](=O)[O-])c1. The van der Waals surface area contributed by atoms with Crippen molar-refractivity contribution >= 4 is 53.1 Å². The lowest BCUT2D eigenvalue weighted by Gasteiger charge is -2.42. The largest absolute Gasteiger partial charge is 0.455 e. The topological polar surface area (TPSA) is 408 Å². The Morgan fingerprint density at radius 1 is 0.896 bits per heavy atom. The minimum absolute atomic E-state index is 0.0780. The van der Waals surface area contributed by atoms with Crippen LogP contribution in [-0.2, 0) is 70.2 Å². The normalized spacial score (nSPS) is 21.0. The molecule has 3 aliphatic heterocycles. The van der Waals surface area contributed by atoms with E-state index in [4.69, 9.17) is 28.4 Å². The number of amides is 8. The maximum atomic E-state index is 15.2. The van der Waals surface area contributed by atoms with Gasteiger partial charge in [0.05, 0.1) is 91.8 Å². The van der Waals surface area contributed by atoms with Crippen LogP contribution in [0.5, 0.6) is 5.75 Å². The fraction of sp³-hybridized carbons (Fsp3) is 0.649. The van der Waals surface area contributed by atoms with Crippen LogP contribution in [0.1, 0.15) is 150 Å². The zero-order valence-electron chi connectivity index (χ0n) is 63.6. The zero-order chi connectivity index (χ0) is 78.4. The molecule has 4 heterocycles. The number of nitro benzene ring substituents is 1. The number of carbonyl (C=O) groups is 8. The van der Waals surface area contributed by atoms with Gasteiger partial charge >= 0.3 is 11.8 Å². The van der Waals surface area contributed by atoms with Gasteiger partial charge < -0.3 is 84.8 Å². The number of likely N-dealkylation sites (N-methyl/N-ethyl adjacent to an activating group) is 2. The first-order valence-corrected chi connectivity index (χ1v) is 36.4. The van der Waals surface area contributed by atoms with Crippen molar-refractivity contribution in [3.8, 4) is 5.75 Å². The van der Waals surface area contributed by atoms with Gasteiger partial charge in [-0.05, 0) is 74.5 Å². The number of imide groups is 1. The molecular weight excluding hydrogens is 1380 g/mol. The molecule has 0 bridgehead atoms. The van der Waals surface area contributed by atoms with Crippen molar-refractivity contribution in [3.63, 3.8) is 0 Å². The van der Waals surface area contributed by atoms with Crippen molar-refractivity contribution in [2.75, 3.05) is 67.8 Å². The smallest absolute Gasteiger partial charge is 0.410 e. The minimum atomic E-state index is -1.74. The van der Waals surface area contributed by atoms with Crippen molar-refractivity contribution in [2.45, 2.75) is 219 Å². The molecule has 106 heavy (non-hydrogen) atoms. The maximum Gasteiger partial charge on any atom is 0.410 e. The number of nitrogens with zero attached hydrogens (tertiary/aromatic N) is 8. The number of likely N-dealkylation sites (tertiary alicyclic amines) is 1. The number of aromatic nitrogens is 3. The molecule has 3 aliphatic rings. The molecule has 3 aromatic rings. The Hall–Kier alpha value is -8.50. The first-order chi connectivity index (χ1) is 50.3. The van der Waals surface area contributed by atoms with Gasteiger partial charge in [0, 0.05) is 97.3 Å². The Kier molecular flexibility index (Phi) is 33.4. The molecule has 6 rings (SSSR count). The Balaban J connectivity index is 1.16. The number of nitrogens with one attached hydrogen (secondary N) is 4. The molecule has 588 valence electrons. The van der Waals surface area contributed by atoms with Gasteiger partial charge in [-0.15, -0.1) is 5.10 Å². The molecular formula is C74H112N12O20. The van der Waals surface area contributed by atoms with Crippen LogP contribution >= 0.6 is 0 Å². The summed E-state index contributed by atoms with van der Waals surface area (Å²) in [5, 5.41) is 75.7. The van der Waals surface area contributed by atoms with Gasteiger partial charge in [-0.1, -0.05) is 109 Å². The molecule has 32 heteroatoms. The third-order valence-electron chi connectivity index (χ3n) is 20.0. The fourth-order valence-electron chi connectivity index (χ4n) is 13.9. The molecule has 0 radical (unpaired) electrons. The number of aliphatic hydroxyl groups is 4. The van der Waals surface area contributed by atoms with E-state index in [-0.39, 0.29) is 122 Å². The van der Waals surface area contributed by atoms with E-state index in [9.17, 15) is 64.1 Å². The number of methoxy groups -OCH3 is 2. The molecule has 2 fully saturated rings. The number of nitro groups is 1. The summed E-state index contributed by atoms with van der Waals surface area (Å²) in [6, 6.07) is 7.74. The van der Waals surface area contributed by atoms with Gasteiger partial charge in [-0.3, -0.25) is 48.6 Å². The number of hydrogen-bond donors (Lipinski definition) is 8. The van der Waals surface area contributed by atoms with Gasteiger partial charge in [0.2, 0.25) is 35.8 Å². The third-order valence-corrected chi connectivity index (χ3v) is 20.0.